The Morgan fingerprint density at radius 1 is 1.53 bits per heavy atom. The molecule has 5 nitrogen and oxygen atoms in total. The molecule has 0 aromatic carbocycles. The Bertz CT molecular complexity index is 437. The topological polar surface area (TPSA) is 80.4 Å². The van der Waals surface area contributed by atoms with Crippen molar-refractivity contribution in [2.75, 3.05) is 5.75 Å². The molecule has 1 aliphatic heterocycles. The summed E-state index contributed by atoms with van der Waals surface area (Å²) in [6.45, 7) is -0.250. The number of oxazole rings is 1. The van der Waals surface area contributed by atoms with Crippen molar-refractivity contribution in [2.24, 2.45) is 0 Å². The van der Waals surface area contributed by atoms with Gasteiger partial charge in [-0.2, -0.15) is 0 Å². The van der Waals surface area contributed by atoms with Crippen molar-refractivity contribution in [3.05, 3.63) is 17.8 Å². The summed E-state index contributed by atoms with van der Waals surface area (Å²) >= 11 is 0. The highest BCUT2D eigenvalue weighted by atomic mass is 32.2. The van der Waals surface area contributed by atoms with Gasteiger partial charge in [0.1, 0.15) is 17.6 Å². The van der Waals surface area contributed by atoms with E-state index in [9.17, 15) is 8.42 Å². The fourth-order valence-corrected chi connectivity index (χ4v) is 3.61. The Morgan fingerprint density at radius 2 is 2.33 bits per heavy atom. The number of aromatic nitrogens is 1. The number of hydrogen-bond donors (Lipinski definition) is 1. The predicted octanol–water partition coefficient (Wildman–Crippen LogP) is 0.807. The summed E-state index contributed by atoms with van der Waals surface area (Å²) in [7, 11) is -3.11. The summed E-state index contributed by atoms with van der Waals surface area (Å²) in [5.41, 5.74) is 0. The SMILES string of the molecule is O=S1(=O)CCCCC1c1ncc(CO)o1. The van der Waals surface area contributed by atoms with Crippen LogP contribution in [0.2, 0.25) is 0 Å². The Labute approximate surface area is 88.0 Å². The number of rotatable bonds is 2. The fraction of sp³-hybridized carbons (Fsp3) is 0.667. The summed E-state index contributed by atoms with van der Waals surface area (Å²) < 4.78 is 28.6. The van der Waals surface area contributed by atoms with Crippen LogP contribution in [0.1, 0.15) is 36.2 Å². The molecule has 0 radical (unpaired) electrons. The molecule has 1 aromatic heterocycles. The highest BCUT2D eigenvalue weighted by Gasteiger charge is 2.33. The second-order valence-corrected chi connectivity index (χ2v) is 5.98. The monoisotopic (exact) mass is 231 g/mol. The van der Waals surface area contributed by atoms with Gasteiger partial charge in [-0.3, -0.25) is 0 Å². The molecule has 0 aliphatic carbocycles. The Morgan fingerprint density at radius 3 is 2.93 bits per heavy atom. The number of hydrogen-bond acceptors (Lipinski definition) is 5. The van der Waals surface area contributed by atoms with Crippen LogP contribution in [0.5, 0.6) is 0 Å². The molecular weight excluding hydrogens is 218 g/mol. The van der Waals surface area contributed by atoms with Gasteiger partial charge in [-0.1, -0.05) is 6.42 Å². The molecule has 1 fully saturated rings. The summed E-state index contributed by atoms with van der Waals surface area (Å²) in [4.78, 5) is 3.90. The van der Waals surface area contributed by atoms with Gasteiger partial charge in [0, 0.05) is 0 Å². The molecule has 84 valence electrons. The first-order valence-corrected chi connectivity index (χ1v) is 6.62. The number of aliphatic hydroxyl groups excluding tert-OH is 1. The van der Waals surface area contributed by atoms with Crippen LogP contribution in [0.3, 0.4) is 0 Å². The summed E-state index contributed by atoms with van der Waals surface area (Å²) in [5.74, 6) is 0.735. The van der Waals surface area contributed by atoms with Gasteiger partial charge in [-0.15, -0.1) is 0 Å². The predicted molar refractivity (Wildman–Crippen MR) is 52.8 cm³/mol. The van der Waals surface area contributed by atoms with Crippen molar-refractivity contribution in [3.8, 4) is 0 Å². The molecule has 2 heterocycles. The first kappa shape index (κ1) is 10.6. The lowest BCUT2D eigenvalue weighted by Gasteiger charge is -2.19. The maximum atomic E-state index is 11.7. The zero-order valence-corrected chi connectivity index (χ0v) is 9.03. The molecule has 0 amide bonds. The smallest absolute Gasteiger partial charge is 0.212 e. The second-order valence-electron chi connectivity index (χ2n) is 3.67. The van der Waals surface area contributed by atoms with Gasteiger partial charge in [0.05, 0.1) is 11.9 Å². The van der Waals surface area contributed by atoms with E-state index in [1.807, 2.05) is 0 Å². The van der Waals surface area contributed by atoms with E-state index in [2.05, 4.69) is 4.98 Å². The molecule has 1 atom stereocenters. The van der Waals surface area contributed by atoms with Gasteiger partial charge < -0.3 is 9.52 Å². The highest BCUT2D eigenvalue weighted by Crippen LogP contribution is 2.32. The van der Waals surface area contributed by atoms with Crippen LogP contribution in [0, 0.1) is 0 Å². The van der Waals surface area contributed by atoms with E-state index in [1.54, 1.807) is 0 Å². The van der Waals surface area contributed by atoms with Gasteiger partial charge >= 0.3 is 0 Å². The van der Waals surface area contributed by atoms with E-state index in [0.717, 1.165) is 6.42 Å². The highest BCUT2D eigenvalue weighted by molar-refractivity contribution is 7.91. The van der Waals surface area contributed by atoms with Crippen molar-refractivity contribution < 1.29 is 17.9 Å². The molecule has 0 spiro atoms. The van der Waals surface area contributed by atoms with Crippen molar-refractivity contribution in [1.82, 2.24) is 4.98 Å². The minimum absolute atomic E-state index is 0.203. The third-order valence-electron chi connectivity index (χ3n) is 2.58. The summed E-state index contributed by atoms with van der Waals surface area (Å²) in [5, 5.41) is 8.18. The molecule has 1 unspecified atom stereocenters. The second kappa shape index (κ2) is 3.94. The average Bonchev–Trinajstić information content (AvgIpc) is 2.65. The van der Waals surface area contributed by atoms with Crippen LogP contribution >= 0.6 is 0 Å². The third kappa shape index (κ3) is 2.05. The molecule has 2 rings (SSSR count). The van der Waals surface area contributed by atoms with Crippen LogP contribution in [-0.2, 0) is 16.4 Å². The molecule has 1 aromatic rings. The molecule has 1 N–H and O–H groups in total. The fourth-order valence-electron chi connectivity index (χ4n) is 1.78. The average molecular weight is 231 g/mol. The van der Waals surface area contributed by atoms with Crippen LogP contribution in [0.15, 0.2) is 10.6 Å². The zero-order valence-electron chi connectivity index (χ0n) is 8.22. The molecule has 6 heteroatoms. The molecule has 0 saturated carbocycles. The normalized spacial score (nSPS) is 25.3. The minimum atomic E-state index is -3.11. The standard InChI is InChI=1S/C9H13NO4S/c11-6-7-5-10-9(14-7)8-3-1-2-4-15(8,12)13/h5,8,11H,1-4,6H2. The minimum Gasteiger partial charge on any atom is -0.442 e. The number of aliphatic hydroxyl groups is 1. The largest absolute Gasteiger partial charge is 0.442 e. The van der Waals surface area contributed by atoms with E-state index in [1.165, 1.54) is 6.20 Å². The number of nitrogens with zero attached hydrogens (tertiary/aromatic N) is 1. The Kier molecular flexibility index (Phi) is 2.79. The maximum Gasteiger partial charge on any atom is 0.212 e. The Hall–Kier alpha value is -0.880. The van der Waals surface area contributed by atoms with Crippen LogP contribution in [-0.4, -0.2) is 24.3 Å². The van der Waals surface area contributed by atoms with E-state index in [-0.39, 0.29) is 18.3 Å². The molecule has 1 aliphatic rings. The lowest BCUT2D eigenvalue weighted by molar-refractivity contribution is 0.242. The van der Waals surface area contributed by atoms with Crippen molar-refractivity contribution in [3.63, 3.8) is 0 Å². The van der Waals surface area contributed by atoms with Gasteiger partial charge in [0.25, 0.3) is 0 Å². The van der Waals surface area contributed by atoms with Crippen molar-refractivity contribution in [2.45, 2.75) is 31.1 Å². The van der Waals surface area contributed by atoms with Crippen LogP contribution in [0.25, 0.3) is 0 Å². The van der Waals surface area contributed by atoms with Gasteiger partial charge in [0.2, 0.25) is 5.89 Å². The number of sulfone groups is 1. The summed E-state index contributed by atoms with van der Waals surface area (Å²) in [6, 6.07) is 0. The molecule has 0 bridgehead atoms. The first-order valence-electron chi connectivity index (χ1n) is 4.90. The quantitative estimate of drug-likeness (QED) is 0.814. The van der Waals surface area contributed by atoms with E-state index in [4.69, 9.17) is 9.52 Å². The Balaban J connectivity index is 2.29. The van der Waals surface area contributed by atoms with Crippen LogP contribution in [0.4, 0.5) is 0 Å². The van der Waals surface area contributed by atoms with Gasteiger partial charge in [-0.25, -0.2) is 13.4 Å². The molecule has 15 heavy (non-hydrogen) atoms. The molecular formula is C9H13NO4S. The molecule has 1 saturated heterocycles. The maximum absolute atomic E-state index is 11.7. The van der Waals surface area contributed by atoms with Crippen molar-refractivity contribution >= 4 is 9.84 Å². The summed E-state index contributed by atoms with van der Waals surface area (Å²) in [6.07, 6.45) is 3.53. The third-order valence-corrected chi connectivity index (χ3v) is 4.74. The van der Waals surface area contributed by atoms with E-state index in [0.29, 0.717) is 18.6 Å². The zero-order chi connectivity index (χ0) is 10.9. The van der Waals surface area contributed by atoms with Crippen molar-refractivity contribution in [1.29, 1.82) is 0 Å². The first-order chi connectivity index (χ1) is 7.13. The van der Waals surface area contributed by atoms with Gasteiger partial charge in [-0.05, 0) is 12.8 Å². The lowest BCUT2D eigenvalue weighted by atomic mass is 10.2. The van der Waals surface area contributed by atoms with E-state index >= 15 is 0 Å². The van der Waals surface area contributed by atoms with Gasteiger partial charge in [0.15, 0.2) is 9.84 Å². The van der Waals surface area contributed by atoms with Crippen LogP contribution < -0.4 is 0 Å². The lowest BCUT2D eigenvalue weighted by Crippen LogP contribution is -2.21. The van der Waals surface area contributed by atoms with E-state index < -0.39 is 15.1 Å².